The van der Waals surface area contributed by atoms with Gasteiger partial charge in [-0.1, -0.05) is 6.08 Å². The van der Waals surface area contributed by atoms with Crippen LogP contribution in [0.1, 0.15) is 32.6 Å². The number of hydrogen-bond acceptors (Lipinski definition) is 2. The van der Waals surface area contributed by atoms with Crippen LogP contribution in [-0.4, -0.2) is 11.8 Å². The van der Waals surface area contributed by atoms with E-state index < -0.39 is 0 Å². The Kier molecular flexibility index (Phi) is 3.49. The second kappa shape index (κ2) is 4.64. The van der Waals surface area contributed by atoms with Crippen molar-refractivity contribution < 1.29 is 9.59 Å². The molecule has 13 heavy (non-hydrogen) atoms. The lowest BCUT2D eigenvalue weighted by Crippen LogP contribution is -2.41. The molecule has 0 aliphatic heterocycles. The van der Waals surface area contributed by atoms with Crippen molar-refractivity contribution in [3.8, 4) is 0 Å². The molecule has 0 unspecified atom stereocenters. The summed E-state index contributed by atoms with van der Waals surface area (Å²) in [5.74, 6) is -0.445. The first-order valence-corrected chi connectivity index (χ1v) is 4.46. The summed E-state index contributed by atoms with van der Waals surface area (Å²) in [6.07, 6.45) is 5.91. The molecule has 1 aliphatic rings. The van der Waals surface area contributed by atoms with Crippen LogP contribution in [0.4, 0.5) is 0 Å². The van der Waals surface area contributed by atoms with Gasteiger partial charge in [0.1, 0.15) is 0 Å². The minimum absolute atomic E-state index is 0.185. The van der Waals surface area contributed by atoms with E-state index >= 15 is 0 Å². The quantitative estimate of drug-likeness (QED) is 0.585. The van der Waals surface area contributed by atoms with Crippen LogP contribution < -0.4 is 10.9 Å². The third-order valence-corrected chi connectivity index (χ3v) is 1.93. The fraction of sp³-hybridized carbons (Fsp3) is 0.556. The van der Waals surface area contributed by atoms with Crippen molar-refractivity contribution in [2.75, 3.05) is 0 Å². The predicted octanol–water partition coefficient (Wildman–Crippen LogP) is 0.654. The average Bonchev–Trinajstić information content (AvgIpc) is 2.15. The van der Waals surface area contributed by atoms with Crippen molar-refractivity contribution in [2.45, 2.75) is 32.6 Å². The van der Waals surface area contributed by atoms with Gasteiger partial charge < -0.3 is 0 Å². The minimum Gasteiger partial charge on any atom is -0.274 e. The van der Waals surface area contributed by atoms with Crippen molar-refractivity contribution in [2.24, 2.45) is 0 Å². The van der Waals surface area contributed by atoms with Gasteiger partial charge in [0.2, 0.25) is 5.91 Å². The van der Waals surface area contributed by atoms with E-state index in [1.54, 1.807) is 0 Å². The molecule has 0 heterocycles. The summed E-state index contributed by atoms with van der Waals surface area (Å²) >= 11 is 0. The van der Waals surface area contributed by atoms with Gasteiger partial charge >= 0.3 is 0 Å². The minimum atomic E-state index is -0.259. The summed E-state index contributed by atoms with van der Waals surface area (Å²) in [7, 11) is 0. The van der Waals surface area contributed by atoms with Crippen molar-refractivity contribution in [3.05, 3.63) is 11.6 Å². The number of amides is 2. The van der Waals surface area contributed by atoms with Gasteiger partial charge in [0.25, 0.3) is 5.91 Å². The van der Waals surface area contributed by atoms with E-state index in [1.807, 2.05) is 6.08 Å². The molecule has 2 N–H and O–H groups in total. The van der Waals surface area contributed by atoms with Gasteiger partial charge in [-0.25, -0.2) is 0 Å². The van der Waals surface area contributed by atoms with Gasteiger partial charge in [-0.2, -0.15) is 0 Å². The standard InChI is InChI=1S/C9H14N2O2/c1-7(12)10-11-9(13)8-5-3-2-4-6-8/h5H,2-4,6H2,1H3,(H,10,12)(H,11,13). The molecule has 4 heteroatoms. The highest BCUT2D eigenvalue weighted by Crippen LogP contribution is 2.16. The van der Waals surface area contributed by atoms with E-state index in [2.05, 4.69) is 10.9 Å². The number of rotatable bonds is 1. The van der Waals surface area contributed by atoms with Gasteiger partial charge in [0.15, 0.2) is 0 Å². The van der Waals surface area contributed by atoms with E-state index in [0.717, 1.165) is 31.3 Å². The lowest BCUT2D eigenvalue weighted by atomic mass is 9.99. The Morgan fingerprint density at radius 1 is 1.31 bits per heavy atom. The molecular weight excluding hydrogens is 168 g/mol. The maximum absolute atomic E-state index is 11.3. The second-order valence-electron chi connectivity index (χ2n) is 3.11. The molecule has 0 bridgehead atoms. The summed E-state index contributed by atoms with van der Waals surface area (Å²) in [4.78, 5) is 21.8. The summed E-state index contributed by atoms with van der Waals surface area (Å²) in [5, 5.41) is 0. The fourth-order valence-electron chi connectivity index (χ4n) is 1.27. The lowest BCUT2D eigenvalue weighted by Gasteiger charge is -2.12. The van der Waals surface area contributed by atoms with Crippen LogP contribution in [-0.2, 0) is 9.59 Å². The number of nitrogens with one attached hydrogen (secondary N) is 2. The fourth-order valence-corrected chi connectivity index (χ4v) is 1.27. The highest BCUT2D eigenvalue weighted by Gasteiger charge is 2.11. The first kappa shape index (κ1) is 9.77. The molecule has 72 valence electrons. The van der Waals surface area contributed by atoms with Crippen LogP contribution in [0.2, 0.25) is 0 Å². The zero-order chi connectivity index (χ0) is 9.68. The summed E-state index contributed by atoms with van der Waals surface area (Å²) in [5.41, 5.74) is 5.39. The molecule has 1 rings (SSSR count). The molecule has 1 aliphatic carbocycles. The van der Waals surface area contributed by atoms with Crippen LogP contribution >= 0.6 is 0 Å². The first-order valence-electron chi connectivity index (χ1n) is 4.46. The van der Waals surface area contributed by atoms with Crippen LogP contribution in [0, 0.1) is 0 Å². The Morgan fingerprint density at radius 2 is 2.08 bits per heavy atom. The topological polar surface area (TPSA) is 58.2 Å². The number of carbonyl (C=O) groups is 2. The summed E-state index contributed by atoms with van der Waals surface area (Å²) < 4.78 is 0. The SMILES string of the molecule is CC(=O)NNC(=O)C1=CCCCC1. The molecule has 0 saturated heterocycles. The zero-order valence-corrected chi connectivity index (χ0v) is 7.72. The third kappa shape index (κ3) is 3.27. The zero-order valence-electron chi connectivity index (χ0n) is 7.72. The largest absolute Gasteiger partial charge is 0.274 e. The van der Waals surface area contributed by atoms with Gasteiger partial charge in [0.05, 0.1) is 0 Å². The molecule has 0 aromatic heterocycles. The van der Waals surface area contributed by atoms with Crippen molar-refractivity contribution >= 4 is 11.8 Å². The summed E-state index contributed by atoms with van der Waals surface area (Å²) in [6.45, 7) is 1.36. The van der Waals surface area contributed by atoms with E-state index in [4.69, 9.17) is 0 Å². The molecule has 0 aromatic carbocycles. The number of allylic oxidation sites excluding steroid dienone is 1. The first-order chi connectivity index (χ1) is 6.20. The van der Waals surface area contributed by atoms with Crippen molar-refractivity contribution in [1.82, 2.24) is 10.9 Å². The number of hydrogen-bond donors (Lipinski definition) is 2. The van der Waals surface area contributed by atoms with Gasteiger partial charge in [-0.05, 0) is 25.7 Å². The molecule has 0 aromatic rings. The van der Waals surface area contributed by atoms with E-state index in [-0.39, 0.29) is 11.8 Å². The van der Waals surface area contributed by atoms with Gasteiger partial charge in [-0.15, -0.1) is 0 Å². The Bertz CT molecular complexity index is 246. The van der Waals surface area contributed by atoms with E-state index in [9.17, 15) is 9.59 Å². The number of carbonyl (C=O) groups excluding carboxylic acids is 2. The normalized spacial score (nSPS) is 15.9. The second-order valence-corrected chi connectivity index (χ2v) is 3.11. The molecule has 4 nitrogen and oxygen atoms in total. The molecule has 0 spiro atoms. The Labute approximate surface area is 77.4 Å². The van der Waals surface area contributed by atoms with Crippen LogP contribution in [0.25, 0.3) is 0 Å². The van der Waals surface area contributed by atoms with Crippen LogP contribution in [0.15, 0.2) is 11.6 Å². The van der Waals surface area contributed by atoms with Crippen molar-refractivity contribution in [3.63, 3.8) is 0 Å². The van der Waals surface area contributed by atoms with Gasteiger partial charge in [0, 0.05) is 12.5 Å². The molecule has 0 radical (unpaired) electrons. The molecule has 0 fully saturated rings. The third-order valence-electron chi connectivity index (χ3n) is 1.93. The Balaban J connectivity index is 2.38. The molecule has 2 amide bonds. The predicted molar refractivity (Wildman–Crippen MR) is 48.5 cm³/mol. The smallest absolute Gasteiger partial charge is 0.265 e. The Hall–Kier alpha value is -1.32. The average molecular weight is 182 g/mol. The monoisotopic (exact) mass is 182 g/mol. The summed E-state index contributed by atoms with van der Waals surface area (Å²) in [6, 6.07) is 0. The highest BCUT2D eigenvalue weighted by molar-refractivity contribution is 5.94. The van der Waals surface area contributed by atoms with Gasteiger partial charge in [-0.3, -0.25) is 20.4 Å². The van der Waals surface area contributed by atoms with Crippen LogP contribution in [0.3, 0.4) is 0 Å². The van der Waals surface area contributed by atoms with E-state index in [1.165, 1.54) is 6.92 Å². The molecule has 0 saturated carbocycles. The highest BCUT2D eigenvalue weighted by atomic mass is 16.2. The Morgan fingerprint density at radius 3 is 2.62 bits per heavy atom. The van der Waals surface area contributed by atoms with E-state index in [0.29, 0.717) is 0 Å². The molecular formula is C9H14N2O2. The maximum atomic E-state index is 11.3. The number of hydrazine groups is 1. The lowest BCUT2D eigenvalue weighted by molar-refractivity contribution is -0.125. The van der Waals surface area contributed by atoms with Crippen molar-refractivity contribution in [1.29, 1.82) is 0 Å². The molecule has 0 atom stereocenters. The van der Waals surface area contributed by atoms with Crippen LogP contribution in [0.5, 0.6) is 0 Å². The maximum Gasteiger partial charge on any atom is 0.265 e.